The fourth-order valence-corrected chi connectivity index (χ4v) is 4.26. The zero-order valence-electron chi connectivity index (χ0n) is 18.3. The number of carbonyl (C=O) groups is 2. The summed E-state index contributed by atoms with van der Waals surface area (Å²) in [6.45, 7) is 0.966. The number of aromatic nitrogens is 3. The lowest BCUT2D eigenvalue weighted by Gasteiger charge is -2.26. The van der Waals surface area contributed by atoms with Gasteiger partial charge in [-0.2, -0.15) is 0 Å². The van der Waals surface area contributed by atoms with Crippen LogP contribution >= 0.6 is 11.3 Å². The Morgan fingerprint density at radius 3 is 2.76 bits per heavy atom. The van der Waals surface area contributed by atoms with Gasteiger partial charge in [-0.05, 0) is 30.7 Å². The first-order chi connectivity index (χ1) is 16.1. The van der Waals surface area contributed by atoms with Crippen molar-refractivity contribution in [2.24, 2.45) is 0 Å². The molecule has 1 fully saturated rings. The van der Waals surface area contributed by atoms with Crippen LogP contribution in [0.15, 0.2) is 48.2 Å². The van der Waals surface area contributed by atoms with Crippen LogP contribution in [0.5, 0.6) is 11.5 Å². The number of ether oxygens (including phenoxy) is 2. The Morgan fingerprint density at radius 1 is 1.15 bits per heavy atom. The molecule has 170 valence electrons. The Labute approximate surface area is 195 Å². The van der Waals surface area contributed by atoms with Crippen LogP contribution < -0.4 is 9.47 Å². The highest BCUT2D eigenvalue weighted by Gasteiger charge is 2.30. The molecule has 3 heterocycles. The molecule has 4 rings (SSSR count). The van der Waals surface area contributed by atoms with Gasteiger partial charge in [-0.15, -0.1) is 11.3 Å². The number of rotatable bonds is 7. The van der Waals surface area contributed by atoms with Crippen molar-refractivity contribution >= 4 is 29.2 Å². The molecule has 33 heavy (non-hydrogen) atoms. The first kappa shape index (κ1) is 22.4. The SMILES string of the molecule is COc1ccc(OC)c(C=CC(=O)N2CCCN2C(=O)Cc2csc(-c3cnccn3)n2)c1. The van der Waals surface area contributed by atoms with Crippen LogP contribution in [0.3, 0.4) is 0 Å². The van der Waals surface area contributed by atoms with E-state index in [2.05, 4.69) is 15.0 Å². The van der Waals surface area contributed by atoms with Crippen LogP contribution in [0, 0.1) is 0 Å². The first-order valence-electron chi connectivity index (χ1n) is 10.3. The summed E-state index contributed by atoms with van der Waals surface area (Å²) >= 11 is 1.41. The van der Waals surface area contributed by atoms with Crippen LogP contribution in [-0.2, 0) is 16.0 Å². The van der Waals surface area contributed by atoms with Crippen LogP contribution in [0.4, 0.5) is 0 Å². The lowest BCUT2D eigenvalue weighted by molar-refractivity contribution is -0.154. The monoisotopic (exact) mass is 465 g/mol. The van der Waals surface area contributed by atoms with E-state index in [1.54, 1.807) is 57.1 Å². The molecule has 0 radical (unpaired) electrons. The molecule has 0 bridgehead atoms. The molecular weight excluding hydrogens is 442 g/mol. The number of hydrogen-bond donors (Lipinski definition) is 0. The Hall–Kier alpha value is -3.79. The maximum Gasteiger partial charge on any atom is 0.265 e. The molecule has 0 atom stereocenters. The molecule has 0 aliphatic carbocycles. The number of amides is 2. The molecular formula is C23H23N5O4S. The van der Waals surface area contributed by atoms with E-state index in [0.29, 0.717) is 46.5 Å². The number of hydrazine groups is 1. The number of carbonyl (C=O) groups excluding carboxylic acids is 2. The maximum absolute atomic E-state index is 12.9. The Kier molecular flexibility index (Phi) is 6.94. The molecule has 2 amide bonds. The molecule has 0 unspecified atom stereocenters. The average molecular weight is 466 g/mol. The third-order valence-electron chi connectivity index (χ3n) is 5.08. The van der Waals surface area contributed by atoms with E-state index >= 15 is 0 Å². The van der Waals surface area contributed by atoms with Crippen molar-refractivity contribution in [3.63, 3.8) is 0 Å². The van der Waals surface area contributed by atoms with Crippen LogP contribution in [0.25, 0.3) is 16.8 Å². The molecule has 1 aliphatic rings. The molecule has 0 N–H and O–H groups in total. The summed E-state index contributed by atoms with van der Waals surface area (Å²) in [5, 5.41) is 5.51. The van der Waals surface area contributed by atoms with Gasteiger partial charge >= 0.3 is 0 Å². The normalized spacial score (nSPS) is 13.5. The second-order valence-corrected chi connectivity index (χ2v) is 8.04. The molecule has 10 heteroatoms. The zero-order chi connectivity index (χ0) is 23.2. The molecule has 1 aromatic carbocycles. The van der Waals surface area contributed by atoms with Gasteiger partial charge in [-0.1, -0.05) is 0 Å². The van der Waals surface area contributed by atoms with E-state index in [1.165, 1.54) is 27.4 Å². The van der Waals surface area contributed by atoms with Gasteiger partial charge in [-0.3, -0.25) is 24.6 Å². The Morgan fingerprint density at radius 2 is 2.00 bits per heavy atom. The third kappa shape index (κ3) is 5.17. The van der Waals surface area contributed by atoms with Crippen LogP contribution in [-0.4, -0.2) is 64.1 Å². The summed E-state index contributed by atoms with van der Waals surface area (Å²) in [6, 6.07) is 5.34. The molecule has 2 aromatic heterocycles. The zero-order valence-corrected chi connectivity index (χ0v) is 19.1. The highest BCUT2D eigenvalue weighted by atomic mass is 32.1. The predicted molar refractivity (Wildman–Crippen MR) is 123 cm³/mol. The van der Waals surface area contributed by atoms with Crippen molar-refractivity contribution in [1.29, 1.82) is 0 Å². The lowest BCUT2D eigenvalue weighted by Crippen LogP contribution is -2.44. The quantitative estimate of drug-likeness (QED) is 0.495. The highest BCUT2D eigenvalue weighted by molar-refractivity contribution is 7.13. The van der Waals surface area contributed by atoms with Gasteiger partial charge < -0.3 is 9.47 Å². The minimum Gasteiger partial charge on any atom is -0.497 e. The summed E-state index contributed by atoms with van der Waals surface area (Å²) < 4.78 is 10.6. The van der Waals surface area contributed by atoms with Crippen LogP contribution in [0.2, 0.25) is 0 Å². The fraction of sp³-hybridized carbons (Fsp3) is 0.261. The third-order valence-corrected chi connectivity index (χ3v) is 6.00. The van der Waals surface area contributed by atoms with E-state index in [4.69, 9.17) is 9.47 Å². The molecule has 1 saturated heterocycles. The summed E-state index contributed by atoms with van der Waals surface area (Å²) in [7, 11) is 3.14. The number of thiazole rings is 1. The molecule has 9 nitrogen and oxygen atoms in total. The van der Waals surface area contributed by atoms with E-state index in [-0.39, 0.29) is 18.2 Å². The predicted octanol–water partition coefficient (Wildman–Crippen LogP) is 2.85. The average Bonchev–Trinajstić information content (AvgIpc) is 3.53. The molecule has 0 saturated carbocycles. The van der Waals surface area contributed by atoms with E-state index in [1.807, 2.05) is 5.38 Å². The van der Waals surface area contributed by atoms with Gasteiger partial charge in [0, 0.05) is 42.5 Å². The van der Waals surface area contributed by atoms with Crippen molar-refractivity contribution in [1.82, 2.24) is 25.0 Å². The summed E-state index contributed by atoms with van der Waals surface area (Å²) in [4.78, 5) is 38.6. The number of methoxy groups -OCH3 is 2. The fourth-order valence-electron chi connectivity index (χ4n) is 3.48. The maximum atomic E-state index is 12.9. The number of hydrogen-bond acceptors (Lipinski definition) is 8. The van der Waals surface area contributed by atoms with Crippen molar-refractivity contribution in [3.8, 4) is 22.2 Å². The van der Waals surface area contributed by atoms with E-state index in [0.717, 1.165) is 6.42 Å². The second kappa shape index (κ2) is 10.2. The van der Waals surface area contributed by atoms with Crippen molar-refractivity contribution in [2.75, 3.05) is 27.3 Å². The van der Waals surface area contributed by atoms with Gasteiger partial charge in [0.05, 0.1) is 32.5 Å². The van der Waals surface area contributed by atoms with Crippen LogP contribution in [0.1, 0.15) is 17.7 Å². The number of benzene rings is 1. The minimum absolute atomic E-state index is 0.105. The van der Waals surface area contributed by atoms with Crippen molar-refractivity contribution in [3.05, 3.63) is 59.5 Å². The number of nitrogens with zero attached hydrogens (tertiary/aromatic N) is 5. The van der Waals surface area contributed by atoms with Gasteiger partial charge in [-0.25, -0.2) is 9.99 Å². The van der Waals surface area contributed by atoms with Crippen molar-refractivity contribution in [2.45, 2.75) is 12.8 Å². The second-order valence-electron chi connectivity index (χ2n) is 7.18. The molecule has 0 spiro atoms. The minimum atomic E-state index is -0.274. The Balaban J connectivity index is 1.43. The van der Waals surface area contributed by atoms with Gasteiger partial charge in [0.2, 0.25) is 5.91 Å². The summed E-state index contributed by atoms with van der Waals surface area (Å²) in [5.74, 6) is 0.829. The van der Waals surface area contributed by atoms with Gasteiger partial charge in [0.1, 0.15) is 22.2 Å². The molecule has 3 aromatic rings. The summed E-state index contributed by atoms with van der Waals surface area (Å²) in [5.41, 5.74) is 2.01. The highest BCUT2D eigenvalue weighted by Crippen LogP contribution is 2.26. The van der Waals surface area contributed by atoms with E-state index < -0.39 is 0 Å². The van der Waals surface area contributed by atoms with E-state index in [9.17, 15) is 9.59 Å². The van der Waals surface area contributed by atoms with Crippen molar-refractivity contribution < 1.29 is 19.1 Å². The summed E-state index contributed by atoms with van der Waals surface area (Å²) in [6.07, 6.45) is 8.76. The molecule has 1 aliphatic heterocycles. The lowest BCUT2D eigenvalue weighted by atomic mass is 10.1. The van der Waals surface area contributed by atoms with Gasteiger partial charge in [0.25, 0.3) is 5.91 Å². The smallest absolute Gasteiger partial charge is 0.265 e. The Bertz CT molecular complexity index is 1160. The van der Waals surface area contributed by atoms with Gasteiger partial charge in [0.15, 0.2) is 0 Å². The first-order valence-corrected chi connectivity index (χ1v) is 11.2. The topological polar surface area (TPSA) is 97.8 Å². The standard InChI is InChI=1S/C23H23N5O4S/c1-31-18-5-6-20(32-2)16(12-18)4-7-21(29)27-10-3-11-28(27)22(30)13-17-15-33-23(26-17)19-14-24-8-9-25-19/h4-9,12,14-15H,3,10-11,13H2,1-2H3. The largest absolute Gasteiger partial charge is 0.497 e.